The molecule has 0 spiro atoms. The van der Waals surface area contributed by atoms with Crippen molar-refractivity contribution in [3.63, 3.8) is 0 Å². The highest BCUT2D eigenvalue weighted by Crippen LogP contribution is 2.15. The molecule has 0 saturated heterocycles. The fourth-order valence-electron chi connectivity index (χ4n) is 1.39. The van der Waals surface area contributed by atoms with Gasteiger partial charge in [0, 0.05) is 5.33 Å². The summed E-state index contributed by atoms with van der Waals surface area (Å²) >= 11 is 6.45. The van der Waals surface area contributed by atoms with Crippen LogP contribution in [0.5, 0.6) is 0 Å². The molecule has 0 aliphatic rings. The van der Waals surface area contributed by atoms with Crippen molar-refractivity contribution in [3.05, 3.63) is 35.9 Å². The van der Waals surface area contributed by atoms with E-state index < -0.39 is 16.8 Å². The van der Waals surface area contributed by atoms with Crippen molar-refractivity contribution in [2.75, 3.05) is 5.33 Å². The summed E-state index contributed by atoms with van der Waals surface area (Å²) in [5, 5.41) is 12.3. The Kier molecular flexibility index (Phi) is 6.35. The van der Waals surface area contributed by atoms with E-state index in [1.54, 1.807) is 30.3 Å². The Bertz CT molecular complexity index is 411. The number of amides is 1. The normalized spacial score (nSPS) is 13.7. The van der Waals surface area contributed by atoms with Crippen LogP contribution in [0.25, 0.3) is 0 Å². The molecule has 0 radical (unpaired) electrons. The number of alkyl halides is 2. The average Bonchev–Trinajstić information content (AvgIpc) is 2.36. The van der Waals surface area contributed by atoms with Gasteiger partial charge in [-0.2, -0.15) is 0 Å². The van der Waals surface area contributed by atoms with E-state index in [4.69, 9.17) is 5.11 Å². The van der Waals surface area contributed by atoms with Crippen LogP contribution in [0.4, 0.5) is 0 Å². The quantitative estimate of drug-likeness (QED) is 0.747. The summed E-state index contributed by atoms with van der Waals surface area (Å²) in [5.41, 5.74) is 0.553. The fourth-order valence-corrected chi connectivity index (χ4v) is 2.83. The molecule has 0 aromatic heterocycles. The lowest BCUT2D eigenvalue weighted by atomic mass is 10.1. The Hall–Kier alpha value is -0.880. The highest BCUT2D eigenvalue weighted by Gasteiger charge is 2.24. The number of halogens is 2. The second kappa shape index (κ2) is 7.53. The number of hydrogen-bond acceptors (Lipinski definition) is 2. The molecule has 0 heterocycles. The predicted octanol–water partition coefficient (Wildman–Crippen LogP) is 2.48. The molecule has 18 heavy (non-hydrogen) atoms. The number of aliphatic carboxylic acids is 1. The summed E-state index contributed by atoms with van der Waals surface area (Å²) in [6.07, 6.45) is 0.590. The molecule has 1 aromatic rings. The van der Waals surface area contributed by atoms with Gasteiger partial charge in [0.2, 0.25) is 5.91 Å². The average molecular weight is 379 g/mol. The number of carboxylic acids is 1. The van der Waals surface area contributed by atoms with Crippen molar-refractivity contribution in [1.82, 2.24) is 5.32 Å². The molecule has 2 atom stereocenters. The number of carbonyl (C=O) groups excluding carboxylic acids is 1. The molecule has 2 unspecified atom stereocenters. The zero-order valence-corrected chi connectivity index (χ0v) is 12.6. The number of nitrogens with one attached hydrogen (secondary N) is 1. The van der Waals surface area contributed by atoms with Crippen LogP contribution < -0.4 is 5.32 Å². The monoisotopic (exact) mass is 377 g/mol. The van der Waals surface area contributed by atoms with Crippen LogP contribution in [0, 0.1) is 0 Å². The number of carbonyl (C=O) groups is 2. The first kappa shape index (κ1) is 15.2. The van der Waals surface area contributed by atoms with Gasteiger partial charge in [0.05, 0.1) is 4.83 Å². The Morgan fingerprint density at radius 3 is 2.39 bits per heavy atom. The van der Waals surface area contributed by atoms with Crippen LogP contribution in [-0.4, -0.2) is 27.1 Å². The van der Waals surface area contributed by atoms with E-state index in [0.717, 1.165) is 0 Å². The van der Waals surface area contributed by atoms with Gasteiger partial charge in [0.25, 0.3) is 0 Å². The van der Waals surface area contributed by atoms with Gasteiger partial charge in [-0.3, -0.25) is 4.79 Å². The minimum atomic E-state index is -1.08. The van der Waals surface area contributed by atoms with Crippen LogP contribution in [0.2, 0.25) is 0 Å². The predicted molar refractivity (Wildman–Crippen MR) is 76.1 cm³/mol. The maximum absolute atomic E-state index is 11.8. The van der Waals surface area contributed by atoms with E-state index in [2.05, 4.69) is 37.2 Å². The van der Waals surface area contributed by atoms with Crippen molar-refractivity contribution in [1.29, 1.82) is 0 Å². The number of hydrogen-bond donors (Lipinski definition) is 2. The summed E-state index contributed by atoms with van der Waals surface area (Å²) in [7, 11) is 0. The van der Waals surface area contributed by atoms with Gasteiger partial charge in [0.15, 0.2) is 6.04 Å². The first-order valence-electron chi connectivity index (χ1n) is 5.34. The molecule has 4 nitrogen and oxygen atoms in total. The molecule has 1 rings (SSSR count). The molecule has 6 heteroatoms. The Labute approximate surface area is 122 Å². The van der Waals surface area contributed by atoms with Crippen molar-refractivity contribution in [2.24, 2.45) is 0 Å². The second-order valence-electron chi connectivity index (χ2n) is 3.64. The Morgan fingerprint density at radius 2 is 1.89 bits per heavy atom. The molecule has 0 fully saturated rings. The van der Waals surface area contributed by atoms with Crippen LogP contribution in [0.3, 0.4) is 0 Å². The summed E-state index contributed by atoms with van der Waals surface area (Å²) < 4.78 is 0. The summed E-state index contributed by atoms with van der Waals surface area (Å²) in [6.45, 7) is 0. The van der Waals surface area contributed by atoms with Crippen molar-refractivity contribution >= 4 is 43.7 Å². The SMILES string of the molecule is O=C(NC(C(=O)O)c1ccccc1)C(Br)CCBr. The first-order chi connectivity index (χ1) is 8.56. The highest BCUT2D eigenvalue weighted by molar-refractivity contribution is 9.10. The molecule has 98 valence electrons. The molecule has 0 aliphatic heterocycles. The maximum atomic E-state index is 11.8. The lowest BCUT2D eigenvalue weighted by molar-refractivity contribution is -0.141. The molecule has 0 aliphatic carbocycles. The van der Waals surface area contributed by atoms with Crippen LogP contribution >= 0.6 is 31.9 Å². The van der Waals surface area contributed by atoms with Crippen LogP contribution in [0.15, 0.2) is 30.3 Å². The first-order valence-corrected chi connectivity index (χ1v) is 7.38. The largest absolute Gasteiger partial charge is 0.479 e. The van der Waals surface area contributed by atoms with Crippen LogP contribution in [-0.2, 0) is 9.59 Å². The van der Waals surface area contributed by atoms with Crippen molar-refractivity contribution < 1.29 is 14.7 Å². The highest BCUT2D eigenvalue weighted by atomic mass is 79.9. The van der Waals surface area contributed by atoms with Gasteiger partial charge in [-0.25, -0.2) is 4.79 Å². The molecule has 1 amide bonds. The van der Waals surface area contributed by atoms with E-state index in [-0.39, 0.29) is 5.91 Å². The minimum Gasteiger partial charge on any atom is -0.479 e. The topological polar surface area (TPSA) is 66.4 Å². The van der Waals surface area contributed by atoms with Crippen LogP contribution in [0.1, 0.15) is 18.0 Å². The Morgan fingerprint density at radius 1 is 1.28 bits per heavy atom. The van der Waals surface area contributed by atoms with Gasteiger partial charge < -0.3 is 10.4 Å². The molecule has 2 N–H and O–H groups in total. The zero-order valence-electron chi connectivity index (χ0n) is 9.48. The van der Waals surface area contributed by atoms with E-state index in [1.165, 1.54) is 0 Å². The molecule has 0 bridgehead atoms. The number of carboxylic acid groups (broad SMARTS) is 1. The zero-order chi connectivity index (χ0) is 13.5. The molecular formula is C12H13Br2NO3. The fraction of sp³-hybridized carbons (Fsp3) is 0.333. The van der Waals surface area contributed by atoms with E-state index in [1.807, 2.05) is 0 Å². The summed E-state index contributed by atoms with van der Waals surface area (Å²) in [5.74, 6) is -1.40. The number of rotatable bonds is 6. The standard InChI is InChI=1S/C12H13Br2NO3/c13-7-6-9(14)11(16)15-10(12(17)18)8-4-2-1-3-5-8/h1-5,9-10H,6-7H2,(H,15,16)(H,17,18). The van der Waals surface area contributed by atoms with E-state index >= 15 is 0 Å². The third-order valence-corrected chi connectivity index (χ3v) is 3.65. The van der Waals surface area contributed by atoms with Crippen molar-refractivity contribution in [3.8, 4) is 0 Å². The third kappa shape index (κ3) is 4.42. The molecule has 1 aromatic carbocycles. The van der Waals surface area contributed by atoms with E-state index in [0.29, 0.717) is 17.3 Å². The molecular weight excluding hydrogens is 366 g/mol. The van der Waals surface area contributed by atoms with Crippen molar-refractivity contribution in [2.45, 2.75) is 17.3 Å². The minimum absolute atomic E-state index is 0.328. The lowest BCUT2D eigenvalue weighted by Gasteiger charge is -2.17. The van der Waals surface area contributed by atoms with Gasteiger partial charge in [-0.1, -0.05) is 62.2 Å². The van der Waals surface area contributed by atoms with E-state index in [9.17, 15) is 9.59 Å². The lowest BCUT2D eigenvalue weighted by Crippen LogP contribution is -2.38. The van der Waals surface area contributed by atoms with Gasteiger partial charge in [-0.05, 0) is 12.0 Å². The Balaban J connectivity index is 2.76. The second-order valence-corrected chi connectivity index (χ2v) is 5.53. The van der Waals surface area contributed by atoms with Gasteiger partial charge in [-0.15, -0.1) is 0 Å². The summed E-state index contributed by atoms with van der Waals surface area (Å²) in [6, 6.07) is 7.60. The summed E-state index contributed by atoms with van der Waals surface area (Å²) in [4.78, 5) is 22.6. The van der Waals surface area contributed by atoms with Gasteiger partial charge in [0.1, 0.15) is 0 Å². The molecule has 0 saturated carbocycles. The smallest absolute Gasteiger partial charge is 0.330 e. The van der Waals surface area contributed by atoms with Gasteiger partial charge >= 0.3 is 5.97 Å². The third-order valence-electron chi connectivity index (χ3n) is 2.31. The maximum Gasteiger partial charge on any atom is 0.330 e. The number of benzene rings is 1.